The fourth-order valence-electron chi connectivity index (χ4n) is 3.18. The van der Waals surface area contributed by atoms with E-state index in [1.54, 1.807) is 30.0 Å². The minimum atomic E-state index is -0.524. The van der Waals surface area contributed by atoms with Crippen molar-refractivity contribution in [2.24, 2.45) is 0 Å². The van der Waals surface area contributed by atoms with Crippen LogP contribution in [0.3, 0.4) is 0 Å². The quantitative estimate of drug-likeness (QED) is 0.548. The number of rotatable bonds is 6. The number of hydrogen-bond donors (Lipinski definition) is 1. The Morgan fingerprint density at radius 3 is 2.41 bits per heavy atom. The largest absolute Gasteiger partial charge is 0.493 e. The summed E-state index contributed by atoms with van der Waals surface area (Å²) in [5.41, 5.74) is 2.92. The molecule has 0 bridgehead atoms. The molecule has 0 aliphatic heterocycles. The van der Waals surface area contributed by atoms with Crippen LogP contribution in [-0.2, 0) is 0 Å². The summed E-state index contributed by atoms with van der Waals surface area (Å²) in [5.74, 6) is 0.785. The standard InChI is InChI=1S/C22H20N4O3/c1-28-19-13-12-16(14-20(19)29-2)22(27)23-21(15-8-4-3-5-9-15)26-18-11-7-6-10-17(18)24-25-26/h3-14,21H,1-2H3,(H,23,27). The number of methoxy groups -OCH3 is 2. The van der Waals surface area contributed by atoms with Crippen molar-refractivity contribution in [1.29, 1.82) is 0 Å². The van der Waals surface area contributed by atoms with Gasteiger partial charge in [-0.05, 0) is 35.9 Å². The maximum absolute atomic E-state index is 13.1. The molecule has 4 aromatic rings. The third kappa shape index (κ3) is 3.62. The molecule has 7 heteroatoms. The lowest BCUT2D eigenvalue weighted by atomic mass is 10.1. The SMILES string of the molecule is COc1ccc(C(=O)NC(c2ccccc2)n2nnc3ccccc32)cc1OC. The fraction of sp³-hybridized carbons (Fsp3) is 0.136. The maximum Gasteiger partial charge on any atom is 0.253 e. The molecule has 0 aliphatic carbocycles. The van der Waals surface area contributed by atoms with Gasteiger partial charge in [-0.2, -0.15) is 0 Å². The molecule has 0 radical (unpaired) electrons. The Hall–Kier alpha value is -3.87. The van der Waals surface area contributed by atoms with Crippen LogP contribution in [0, 0.1) is 0 Å². The zero-order valence-corrected chi connectivity index (χ0v) is 16.1. The zero-order chi connectivity index (χ0) is 20.2. The highest BCUT2D eigenvalue weighted by molar-refractivity contribution is 5.95. The van der Waals surface area contributed by atoms with Crippen LogP contribution in [0.25, 0.3) is 11.0 Å². The lowest BCUT2D eigenvalue weighted by Gasteiger charge is -2.20. The average Bonchev–Trinajstić information content (AvgIpc) is 3.21. The van der Waals surface area contributed by atoms with E-state index in [0.717, 1.165) is 16.6 Å². The monoisotopic (exact) mass is 388 g/mol. The number of nitrogens with one attached hydrogen (secondary N) is 1. The van der Waals surface area contributed by atoms with E-state index < -0.39 is 6.17 Å². The highest BCUT2D eigenvalue weighted by atomic mass is 16.5. The summed E-state index contributed by atoms with van der Waals surface area (Å²) >= 11 is 0. The Bertz CT molecular complexity index is 1140. The summed E-state index contributed by atoms with van der Waals surface area (Å²) in [7, 11) is 3.09. The number of fused-ring (bicyclic) bond motifs is 1. The lowest BCUT2D eigenvalue weighted by Crippen LogP contribution is -2.34. The highest BCUT2D eigenvalue weighted by Gasteiger charge is 2.21. The molecule has 1 atom stereocenters. The van der Waals surface area contributed by atoms with Gasteiger partial charge in [0.05, 0.1) is 19.7 Å². The Kier molecular flexibility index (Phi) is 5.11. The summed E-state index contributed by atoms with van der Waals surface area (Å²) < 4.78 is 12.3. The van der Waals surface area contributed by atoms with Gasteiger partial charge in [-0.1, -0.05) is 47.7 Å². The van der Waals surface area contributed by atoms with E-state index in [9.17, 15) is 4.79 Å². The Balaban J connectivity index is 1.72. The van der Waals surface area contributed by atoms with Gasteiger partial charge in [0.25, 0.3) is 5.91 Å². The van der Waals surface area contributed by atoms with Gasteiger partial charge < -0.3 is 14.8 Å². The normalized spacial score (nSPS) is 11.8. The Morgan fingerprint density at radius 1 is 0.931 bits per heavy atom. The zero-order valence-electron chi connectivity index (χ0n) is 16.1. The molecule has 3 aromatic carbocycles. The molecule has 1 unspecified atom stereocenters. The van der Waals surface area contributed by atoms with Crippen molar-refractivity contribution in [3.05, 3.63) is 83.9 Å². The van der Waals surface area contributed by atoms with Gasteiger partial charge in [0.2, 0.25) is 0 Å². The molecule has 0 saturated heterocycles. The summed E-state index contributed by atoms with van der Waals surface area (Å²) in [6.07, 6.45) is -0.524. The molecular weight excluding hydrogens is 368 g/mol. The molecule has 1 N–H and O–H groups in total. The minimum Gasteiger partial charge on any atom is -0.493 e. The van der Waals surface area contributed by atoms with Crippen LogP contribution in [0.2, 0.25) is 0 Å². The predicted molar refractivity (Wildman–Crippen MR) is 109 cm³/mol. The average molecular weight is 388 g/mol. The second kappa shape index (κ2) is 8.02. The number of para-hydroxylation sites is 1. The van der Waals surface area contributed by atoms with Crippen LogP contribution in [0.15, 0.2) is 72.8 Å². The van der Waals surface area contributed by atoms with E-state index in [1.807, 2.05) is 54.6 Å². The van der Waals surface area contributed by atoms with Crippen LogP contribution < -0.4 is 14.8 Å². The van der Waals surface area contributed by atoms with Gasteiger partial charge in [0.15, 0.2) is 17.7 Å². The smallest absolute Gasteiger partial charge is 0.253 e. The van der Waals surface area contributed by atoms with Crippen molar-refractivity contribution in [2.75, 3.05) is 14.2 Å². The van der Waals surface area contributed by atoms with Crippen molar-refractivity contribution in [2.45, 2.75) is 6.17 Å². The number of nitrogens with zero attached hydrogens (tertiary/aromatic N) is 3. The molecule has 4 rings (SSSR count). The maximum atomic E-state index is 13.1. The van der Waals surface area contributed by atoms with Gasteiger partial charge in [-0.3, -0.25) is 4.79 Å². The predicted octanol–water partition coefficient (Wildman–Crippen LogP) is 3.43. The van der Waals surface area contributed by atoms with E-state index in [4.69, 9.17) is 9.47 Å². The summed E-state index contributed by atoms with van der Waals surface area (Å²) in [6.45, 7) is 0. The second-order valence-corrected chi connectivity index (χ2v) is 6.38. The minimum absolute atomic E-state index is 0.264. The number of amides is 1. The van der Waals surface area contributed by atoms with Crippen LogP contribution in [0.1, 0.15) is 22.1 Å². The first-order valence-electron chi connectivity index (χ1n) is 9.09. The highest BCUT2D eigenvalue weighted by Crippen LogP contribution is 2.28. The van der Waals surface area contributed by atoms with Crippen molar-refractivity contribution in [3.8, 4) is 11.5 Å². The molecule has 29 heavy (non-hydrogen) atoms. The second-order valence-electron chi connectivity index (χ2n) is 6.38. The summed E-state index contributed by atoms with van der Waals surface area (Å²) in [5, 5.41) is 11.6. The van der Waals surface area contributed by atoms with E-state index in [-0.39, 0.29) is 5.91 Å². The molecule has 7 nitrogen and oxygen atoms in total. The first kappa shape index (κ1) is 18.5. The van der Waals surface area contributed by atoms with Crippen LogP contribution in [-0.4, -0.2) is 35.1 Å². The molecule has 0 fully saturated rings. The number of carbonyl (C=O) groups is 1. The third-order valence-electron chi connectivity index (χ3n) is 4.65. The topological polar surface area (TPSA) is 78.3 Å². The summed E-state index contributed by atoms with van der Waals surface area (Å²) in [6, 6.07) is 22.3. The first-order chi connectivity index (χ1) is 14.2. The molecule has 1 heterocycles. The van der Waals surface area contributed by atoms with Crippen molar-refractivity contribution >= 4 is 16.9 Å². The molecule has 0 aliphatic rings. The number of carbonyl (C=O) groups excluding carboxylic acids is 1. The van der Waals surface area contributed by atoms with Gasteiger partial charge in [-0.25, -0.2) is 4.68 Å². The van der Waals surface area contributed by atoms with Crippen molar-refractivity contribution in [1.82, 2.24) is 20.3 Å². The van der Waals surface area contributed by atoms with Crippen molar-refractivity contribution in [3.63, 3.8) is 0 Å². The molecule has 1 aromatic heterocycles. The molecule has 0 saturated carbocycles. The van der Waals surface area contributed by atoms with Crippen molar-refractivity contribution < 1.29 is 14.3 Å². The molecule has 146 valence electrons. The number of aromatic nitrogens is 3. The van der Waals surface area contributed by atoms with Gasteiger partial charge in [-0.15, -0.1) is 5.10 Å². The van der Waals surface area contributed by atoms with Crippen LogP contribution >= 0.6 is 0 Å². The van der Waals surface area contributed by atoms with Gasteiger partial charge in [0, 0.05) is 5.56 Å². The fourth-order valence-corrected chi connectivity index (χ4v) is 3.18. The van der Waals surface area contributed by atoms with Gasteiger partial charge >= 0.3 is 0 Å². The van der Waals surface area contributed by atoms with Crippen LogP contribution in [0.5, 0.6) is 11.5 Å². The van der Waals surface area contributed by atoms with E-state index in [1.165, 1.54) is 7.11 Å². The number of ether oxygens (including phenoxy) is 2. The van der Waals surface area contributed by atoms with Crippen LogP contribution in [0.4, 0.5) is 0 Å². The first-order valence-corrected chi connectivity index (χ1v) is 9.09. The van der Waals surface area contributed by atoms with E-state index >= 15 is 0 Å². The van der Waals surface area contributed by atoms with E-state index in [2.05, 4.69) is 15.6 Å². The Labute approximate surface area is 167 Å². The molecule has 1 amide bonds. The number of benzene rings is 3. The molecule has 0 spiro atoms. The lowest BCUT2D eigenvalue weighted by molar-refractivity contribution is 0.0927. The Morgan fingerprint density at radius 2 is 1.66 bits per heavy atom. The number of hydrogen-bond acceptors (Lipinski definition) is 5. The summed E-state index contributed by atoms with van der Waals surface area (Å²) in [4.78, 5) is 13.1. The van der Waals surface area contributed by atoms with E-state index in [0.29, 0.717) is 17.1 Å². The molecular formula is C22H20N4O3. The van der Waals surface area contributed by atoms with Gasteiger partial charge in [0.1, 0.15) is 5.52 Å². The third-order valence-corrected chi connectivity index (χ3v) is 4.65.